The zero-order chi connectivity index (χ0) is 19.6. The summed E-state index contributed by atoms with van der Waals surface area (Å²) in [5.41, 5.74) is 1.08. The van der Waals surface area contributed by atoms with Gasteiger partial charge in [0.05, 0.1) is 22.1 Å². The first-order valence-electron chi connectivity index (χ1n) is 8.06. The zero-order valence-electron chi connectivity index (χ0n) is 14.8. The van der Waals surface area contributed by atoms with E-state index in [4.69, 9.17) is 0 Å². The summed E-state index contributed by atoms with van der Waals surface area (Å²) in [6.45, 7) is -0.216. The number of sulfonamides is 1. The van der Waals surface area contributed by atoms with Gasteiger partial charge in [-0.1, -0.05) is 18.2 Å². The lowest BCUT2D eigenvalue weighted by Gasteiger charge is -2.13. The highest BCUT2D eigenvalue weighted by Crippen LogP contribution is 2.18. The van der Waals surface area contributed by atoms with E-state index in [-0.39, 0.29) is 11.4 Å². The minimum Gasteiger partial charge on any atom is -0.324 e. The van der Waals surface area contributed by atoms with Crippen LogP contribution in [0.5, 0.6) is 0 Å². The minimum atomic E-state index is -3.61. The van der Waals surface area contributed by atoms with Crippen LogP contribution in [-0.2, 0) is 21.4 Å². The van der Waals surface area contributed by atoms with E-state index in [1.807, 2.05) is 0 Å². The van der Waals surface area contributed by atoms with Crippen LogP contribution >= 0.6 is 0 Å². The fourth-order valence-electron chi connectivity index (χ4n) is 2.57. The van der Waals surface area contributed by atoms with Crippen LogP contribution < -0.4 is 10.9 Å². The normalized spacial score (nSPS) is 11.7. The smallest absolute Gasteiger partial charge is 0.269 e. The van der Waals surface area contributed by atoms with Crippen molar-refractivity contribution >= 4 is 32.7 Å². The van der Waals surface area contributed by atoms with Crippen LogP contribution in [0.25, 0.3) is 11.0 Å². The van der Waals surface area contributed by atoms with E-state index in [2.05, 4.69) is 10.3 Å². The first-order valence-corrected chi connectivity index (χ1v) is 9.50. The third kappa shape index (κ3) is 3.88. The quantitative estimate of drug-likeness (QED) is 0.712. The van der Waals surface area contributed by atoms with E-state index in [1.165, 1.54) is 37.0 Å². The first-order chi connectivity index (χ1) is 12.8. The van der Waals surface area contributed by atoms with Crippen molar-refractivity contribution in [3.05, 3.63) is 65.1 Å². The van der Waals surface area contributed by atoms with Gasteiger partial charge in [0.2, 0.25) is 15.9 Å². The molecular formula is C18H18N4O4S. The van der Waals surface area contributed by atoms with Crippen molar-refractivity contribution in [3.63, 3.8) is 0 Å². The molecule has 0 bridgehead atoms. The average Bonchev–Trinajstić information content (AvgIpc) is 2.64. The second-order valence-electron chi connectivity index (χ2n) is 6.03. The van der Waals surface area contributed by atoms with E-state index < -0.39 is 21.5 Å². The number of nitrogens with zero attached hydrogens (tertiary/aromatic N) is 3. The molecule has 2 aromatic carbocycles. The number of amides is 1. The number of carbonyl (C=O) groups is 1. The SMILES string of the molecule is CN(C)S(=O)(=O)c1cccc(NC(=O)Cn2c(=O)cnc3ccccc32)c1. The molecule has 0 fully saturated rings. The van der Waals surface area contributed by atoms with Crippen molar-refractivity contribution in [2.24, 2.45) is 0 Å². The van der Waals surface area contributed by atoms with Crippen LogP contribution in [0.2, 0.25) is 0 Å². The molecule has 8 nitrogen and oxygen atoms in total. The number of hydrogen-bond donors (Lipinski definition) is 1. The summed E-state index contributed by atoms with van der Waals surface area (Å²) in [5, 5.41) is 2.63. The fourth-order valence-corrected chi connectivity index (χ4v) is 3.52. The molecule has 0 unspecified atom stereocenters. The summed E-state index contributed by atoms with van der Waals surface area (Å²) in [6, 6.07) is 13.0. The lowest BCUT2D eigenvalue weighted by Crippen LogP contribution is -2.28. The second kappa shape index (κ2) is 7.29. The Balaban J connectivity index is 1.86. The molecule has 1 aromatic heterocycles. The molecule has 0 spiro atoms. The molecule has 0 aliphatic carbocycles. The van der Waals surface area contributed by atoms with Crippen LogP contribution in [0.4, 0.5) is 5.69 Å². The standard InChI is InChI=1S/C18H18N4O4S/c1-21(2)27(25,26)14-7-5-6-13(10-14)20-17(23)12-22-16-9-4-3-8-15(16)19-11-18(22)24/h3-11H,12H2,1-2H3,(H,20,23). The molecule has 0 saturated heterocycles. The van der Waals surface area contributed by atoms with E-state index in [0.717, 1.165) is 4.31 Å². The number of aromatic nitrogens is 2. The van der Waals surface area contributed by atoms with Crippen LogP contribution in [0.3, 0.4) is 0 Å². The van der Waals surface area contributed by atoms with Gasteiger partial charge >= 0.3 is 0 Å². The van der Waals surface area contributed by atoms with E-state index in [9.17, 15) is 18.0 Å². The van der Waals surface area contributed by atoms with Crippen LogP contribution in [0, 0.1) is 0 Å². The van der Waals surface area contributed by atoms with Crippen LogP contribution in [0.15, 0.2) is 64.4 Å². The van der Waals surface area contributed by atoms with Gasteiger partial charge in [0.1, 0.15) is 6.54 Å². The van der Waals surface area contributed by atoms with Gasteiger partial charge in [-0.3, -0.25) is 14.2 Å². The Morgan fingerprint density at radius 3 is 2.63 bits per heavy atom. The Morgan fingerprint density at radius 2 is 1.89 bits per heavy atom. The summed E-state index contributed by atoms with van der Waals surface area (Å²) >= 11 is 0. The number of fused-ring (bicyclic) bond motifs is 1. The molecule has 9 heteroatoms. The summed E-state index contributed by atoms with van der Waals surface area (Å²) in [6.07, 6.45) is 1.17. The van der Waals surface area contributed by atoms with E-state index in [1.54, 1.807) is 36.4 Å². The second-order valence-corrected chi connectivity index (χ2v) is 8.19. The highest BCUT2D eigenvalue weighted by Gasteiger charge is 2.18. The maximum absolute atomic E-state index is 12.4. The van der Waals surface area contributed by atoms with Gasteiger partial charge in [-0.25, -0.2) is 17.7 Å². The topological polar surface area (TPSA) is 101 Å². The van der Waals surface area contributed by atoms with Crippen molar-refractivity contribution in [2.45, 2.75) is 11.4 Å². The molecule has 0 aliphatic rings. The summed E-state index contributed by atoms with van der Waals surface area (Å²) in [7, 11) is -0.747. The molecule has 1 heterocycles. The minimum absolute atomic E-state index is 0.0665. The lowest BCUT2D eigenvalue weighted by atomic mass is 10.3. The van der Waals surface area contributed by atoms with Crippen molar-refractivity contribution in [1.82, 2.24) is 13.9 Å². The Bertz CT molecular complexity index is 1170. The summed E-state index contributed by atoms with van der Waals surface area (Å²) < 4.78 is 26.8. The lowest BCUT2D eigenvalue weighted by molar-refractivity contribution is -0.116. The maximum Gasteiger partial charge on any atom is 0.269 e. The summed E-state index contributed by atoms with van der Waals surface area (Å²) in [5.74, 6) is -0.451. The Kier molecular flexibility index (Phi) is 5.06. The molecule has 27 heavy (non-hydrogen) atoms. The average molecular weight is 386 g/mol. The third-order valence-electron chi connectivity index (χ3n) is 3.95. The number of benzene rings is 2. The maximum atomic E-state index is 12.4. The van der Waals surface area contributed by atoms with Crippen LogP contribution in [-0.4, -0.2) is 42.3 Å². The number of nitrogens with one attached hydrogen (secondary N) is 1. The highest BCUT2D eigenvalue weighted by atomic mass is 32.2. The molecule has 1 amide bonds. The number of rotatable bonds is 5. The predicted molar refractivity (Wildman–Crippen MR) is 102 cm³/mol. The number of hydrogen-bond acceptors (Lipinski definition) is 5. The van der Waals surface area contributed by atoms with Gasteiger partial charge in [-0.15, -0.1) is 0 Å². The van der Waals surface area contributed by atoms with Gasteiger partial charge in [-0.05, 0) is 30.3 Å². The van der Waals surface area contributed by atoms with Gasteiger partial charge in [0.25, 0.3) is 5.56 Å². The molecule has 3 aromatic rings. The Hall–Kier alpha value is -3.04. The molecule has 140 valence electrons. The zero-order valence-corrected chi connectivity index (χ0v) is 15.6. The third-order valence-corrected chi connectivity index (χ3v) is 5.76. The van der Waals surface area contributed by atoms with Gasteiger partial charge in [-0.2, -0.15) is 0 Å². The van der Waals surface area contributed by atoms with Gasteiger partial charge in [0.15, 0.2) is 0 Å². The van der Waals surface area contributed by atoms with E-state index in [0.29, 0.717) is 16.7 Å². The molecule has 1 N–H and O–H groups in total. The summed E-state index contributed by atoms with van der Waals surface area (Å²) in [4.78, 5) is 28.7. The molecule has 0 saturated carbocycles. The number of carbonyl (C=O) groups excluding carboxylic acids is 1. The fraction of sp³-hybridized carbons (Fsp3) is 0.167. The number of anilines is 1. The van der Waals surface area contributed by atoms with E-state index >= 15 is 0 Å². The van der Waals surface area contributed by atoms with Crippen molar-refractivity contribution in [3.8, 4) is 0 Å². The van der Waals surface area contributed by atoms with Crippen LogP contribution in [0.1, 0.15) is 0 Å². The number of para-hydroxylation sites is 2. The monoisotopic (exact) mass is 386 g/mol. The molecule has 3 rings (SSSR count). The van der Waals surface area contributed by atoms with Crippen molar-refractivity contribution < 1.29 is 13.2 Å². The van der Waals surface area contributed by atoms with Crippen molar-refractivity contribution in [1.29, 1.82) is 0 Å². The molecule has 0 aliphatic heterocycles. The Labute approximate surface area is 156 Å². The molecule has 0 radical (unpaired) electrons. The molecule has 0 atom stereocenters. The van der Waals surface area contributed by atoms with Gasteiger partial charge in [0, 0.05) is 19.8 Å². The predicted octanol–water partition coefficient (Wildman–Crippen LogP) is 1.29. The first kappa shape index (κ1) is 18.7. The molecular weight excluding hydrogens is 368 g/mol. The van der Waals surface area contributed by atoms with Crippen molar-refractivity contribution in [2.75, 3.05) is 19.4 Å². The highest BCUT2D eigenvalue weighted by molar-refractivity contribution is 7.89. The largest absolute Gasteiger partial charge is 0.324 e. The Morgan fingerprint density at radius 1 is 1.15 bits per heavy atom. The van der Waals surface area contributed by atoms with Gasteiger partial charge < -0.3 is 5.32 Å².